The van der Waals surface area contributed by atoms with E-state index in [9.17, 15) is 18.0 Å². The van der Waals surface area contributed by atoms with Gasteiger partial charge in [0.25, 0.3) is 5.56 Å². The fourth-order valence-corrected chi connectivity index (χ4v) is 1.79. The number of aromatic nitrogens is 1. The van der Waals surface area contributed by atoms with E-state index in [0.29, 0.717) is 11.8 Å². The van der Waals surface area contributed by atoms with Crippen LogP contribution in [-0.2, 0) is 12.6 Å². The van der Waals surface area contributed by atoms with Crippen molar-refractivity contribution in [2.45, 2.75) is 19.5 Å². The second kappa shape index (κ2) is 3.91. The third-order valence-corrected chi connectivity index (χ3v) is 2.70. The van der Waals surface area contributed by atoms with Crippen molar-refractivity contribution in [3.8, 4) is 0 Å². The predicted octanol–water partition coefficient (Wildman–Crippen LogP) is 3.11. The van der Waals surface area contributed by atoms with E-state index in [0.717, 1.165) is 17.7 Å². The van der Waals surface area contributed by atoms with Crippen molar-refractivity contribution in [1.29, 1.82) is 0 Å². The van der Waals surface area contributed by atoms with Crippen LogP contribution in [0.5, 0.6) is 0 Å². The Morgan fingerprint density at radius 3 is 2.53 bits per heavy atom. The third-order valence-electron chi connectivity index (χ3n) is 2.70. The number of pyridine rings is 1. The Hall–Kier alpha value is -1.78. The largest absolute Gasteiger partial charge is 0.416 e. The van der Waals surface area contributed by atoms with E-state index in [4.69, 9.17) is 0 Å². The summed E-state index contributed by atoms with van der Waals surface area (Å²) < 4.78 is 37.6. The number of aromatic amines is 1. The van der Waals surface area contributed by atoms with E-state index in [1.165, 1.54) is 12.3 Å². The highest BCUT2D eigenvalue weighted by molar-refractivity contribution is 5.85. The number of halogens is 3. The maximum absolute atomic E-state index is 12.5. The van der Waals surface area contributed by atoms with E-state index < -0.39 is 17.3 Å². The first kappa shape index (κ1) is 11.7. The molecule has 0 radical (unpaired) electrons. The summed E-state index contributed by atoms with van der Waals surface area (Å²) in [5.41, 5.74) is -0.472. The molecule has 17 heavy (non-hydrogen) atoms. The number of fused-ring (bicyclic) bond motifs is 1. The molecule has 0 unspecified atom stereocenters. The molecule has 0 saturated carbocycles. The summed E-state index contributed by atoms with van der Waals surface area (Å²) in [7, 11) is 0. The molecule has 0 bridgehead atoms. The lowest BCUT2D eigenvalue weighted by Crippen LogP contribution is -2.10. The zero-order chi connectivity index (χ0) is 12.6. The van der Waals surface area contributed by atoms with Gasteiger partial charge in [-0.1, -0.05) is 13.0 Å². The van der Waals surface area contributed by atoms with Gasteiger partial charge in [0.05, 0.1) is 5.56 Å². The average molecular weight is 241 g/mol. The summed E-state index contributed by atoms with van der Waals surface area (Å²) in [6.07, 6.45) is -2.24. The van der Waals surface area contributed by atoms with Gasteiger partial charge in [-0.2, -0.15) is 13.2 Å². The Bertz CT molecular complexity index is 613. The van der Waals surface area contributed by atoms with Crippen molar-refractivity contribution in [3.63, 3.8) is 0 Å². The standard InChI is InChI=1S/C12H10F3NO/c1-2-7-6-16-11(17)10-5-8(12(13,14)15)3-4-9(7)10/h3-6H,2H2,1H3,(H,16,17). The Kier molecular flexibility index (Phi) is 2.69. The van der Waals surface area contributed by atoms with Crippen molar-refractivity contribution in [2.24, 2.45) is 0 Å². The molecule has 0 amide bonds. The number of rotatable bonds is 1. The molecule has 1 N–H and O–H groups in total. The summed E-state index contributed by atoms with van der Waals surface area (Å²) in [4.78, 5) is 14.0. The average Bonchev–Trinajstić information content (AvgIpc) is 2.28. The first-order valence-electron chi connectivity index (χ1n) is 5.15. The number of nitrogens with one attached hydrogen (secondary N) is 1. The first-order chi connectivity index (χ1) is 7.93. The molecule has 1 heterocycles. The van der Waals surface area contributed by atoms with Crippen molar-refractivity contribution in [1.82, 2.24) is 4.98 Å². The highest BCUT2D eigenvalue weighted by atomic mass is 19.4. The highest BCUT2D eigenvalue weighted by Gasteiger charge is 2.30. The van der Waals surface area contributed by atoms with Gasteiger partial charge < -0.3 is 4.98 Å². The zero-order valence-corrected chi connectivity index (χ0v) is 9.06. The van der Waals surface area contributed by atoms with Crippen LogP contribution in [-0.4, -0.2) is 4.98 Å². The van der Waals surface area contributed by atoms with E-state index >= 15 is 0 Å². The molecular formula is C12H10F3NO. The second-order valence-electron chi connectivity index (χ2n) is 3.75. The lowest BCUT2D eigenvalue weighted by molar-refractivity contribution is -0.137. The van der Waals surface area contributed by atoms with Gasteiger partial charge >= 0.3 is 6.18 Å². The van der Waals surface area contributed by atoms with Gasteiger partial charge in [0.1, 0.15) is 0 Å². The lowest BCUT2D eigenvalue weighted by atomic mass is 10.0. The van der Waals surface area contributed by atoms with Crippen LogP contribution in [0.1, 0.15) is 18.1 Å². The Morgan fingerprint density at radius 2 is 1.94 bits per heavy atom. The fourth-order valence-electron chi connectivity index (χ4n) is 1.79. The third kappa shape index (κ3) is 2.05. The van der Waals surface area contributed by atoms with Crippen LogP contribution in [0.2, 0.25) is 0 Å². The molecule has 90 valence electrons. The number of benzene rings is 1. The monoisotopic (exact) mass is 241 g/mol. The molecule has 1 aromatic carbocycles. The molecule has 0 fully saturated rings. The minimum absolute atomic E-state index is 0.0826. The smallest absolute Gasteiger partial charge is 0.328 e. The quantitative estimate of drug-likeness (QED) is 0.817. The number of hydrogen-bond donors (Lipinski definition) is 1. The molecule has 0 aliphatic heterocycles. The summed E-state index contributed by atoms with van der Waals surface area (Å²) in [6.45, 7) is 1.88. The summed E-state index contributed by atoms with van der Waals surface area (Å²) in [5, 5.41) is 0.656. The maximum atomic E-state index is 12.5. The molecule has 0 saturated heterocycles. The van der Waals surface area contributed by atoms with Crippen LogP contribution < -0.4 is 5.56 Å². The number of H-pyrrole nitrogens is 1. The zero-order valence-electron chi connectivity index (χ0n) is 9.06. The summed E-state index contributed by atoms with van der Waals surface area (Å²) in [6, 6.07) is 3.25. The molecule has 2 aromatic rings. The molecule has 2 nitrogen and oxygen atoms in total. The lowest BCUT2D eigenvalue weighted by Gasteiger charge is -2.09. The Morgan fingerprint density at radius 1 is 1.24 bits per heavy atom. The van der Waals surface area contributed by atoms with Crippen LogP contribution in [0.4, 0.5) is 13.2 Å². The minimum atomic E-state index is -4.43. The van der Waals surface area contributed by atoms with Gasteiger partial charge in [0, 0.05) is 11.6 Å². The van der Waals surface area contributed by atoms with Gasteiger partial charge in [0.15, 0.2) is 0 Å². The summed E-state index contributed by atoms with van der Waals surface area (Å²) >= 11 is 0. The van der Waals surface area contributed by atoms with E-state index in [1.807, 2.05) is 6.92 Å². The van der Waals surface area contributed by atoms with E-state index in [1.54, 1.807) is 0 Å². The minimum Gasteiger partial charge on any atom is -0.328 e. The van der Waals surface area contributed by atoms with Crippen LogP contribution in [0.15, 0.2) is 29.2 Å². The molecule has 0 aliphatic carbocycles. The molecule has 5 heteroatoms. The SMILES string of the molecule is CCc1c[nH]c(=O)c2cc(C(F)(F)F)ccc12. The number of alkyl halides is 3. The molecule has 0 aliphatic rings. The van der Waals surface area contributed by atoms with Gasteiger partial charge in [-0.15, -0.1) is 0 Å². The van der Waals surface area contributed by atoms with Crippen molar-refractivity contribution >= 4 is 10.8 Å². The molecule has 1 aromatic heterocycles. The molecule has 0 atom stereocenters. The summed E-state index contributed by atoms with van der Waals surface area (Å²) in [5.74, 6) is 0. The predicted molar refractivity (Wildman–Crippen MR) is 58.9 cm³/mol. The Balaban J connectivity index is 2.78. The normalized spacial score (nSPS) is 12.0. The van der Waals surface area contributed by atoms with Crippen molar-refractivity contribution in [3.05, 3.63) is 45.9 Å². The maximum Gasteiger partial charge on any atom is 0.416 e. The van der Waals surface area contributed by atoms with Crippen LogP contribution in [0, 0.1) is 0 Å². The molecule has 0 spiro atoms. The topological polar surface area (TPSA) is 32.9 Å². The van der Waals surface area contributed by atoms with E-state index in [-0.39, 0.29) is 5.39 Å². The van der Waals surface area contributed by atoms with Crippen LogP contribution >= 0.6 is 0 Å². The van der Waals surface area contributed by atoms with Crippen LogP contribution in [0.25, 0.3) is 10.8 Å². The van der Waals surface area contributed by atoms with Crippen molar-refractivity contribution in [2.75, 3.05) is 0 Å². The van der Waals surface area contributed by atoms with Crippen LogP contribution in [0.3, 0.4) is 0 Å². The Labute approximate surface area is 95.1 Å². The van der Waals surface area contributed by atoms with Gasteiger partial charge in [-0.05, 0) is 29.5 Å². The first-order valence-corrected chi connectivity index (χ1v) is 5.15. The number of aryl methyl sites for hydroxylation is 1. The number of hydrogen-bond acceptors (Lipinski definition) is 1. The fraction of sp³-hybridized carbons (Fsp3) is 0.250. The van der Waals surface area contributed by atoms with E-state index in [2.05, 4.69) is 4.98 Å². The highest BCUT2D eigenvalue weighted by Crippen LogP contribution is 2.31. The molecular weight excluding hydrogens is 231 g/mol. The van der Waals surface area contributed by atoms with Crippen molar-refractivity contribution < 1.29 is 13.2 Å². The van der Waals surface area contributed by atoms with Gasteiger partial charge in [-0.3, -0.25) is 4.79 Å². The second-order valence-corrected chi connectivity index (χ2v) is 3.75. The molecule has 2 rings (SSSR count). The van der Waals surface area contributed by atoms with Gasteiger partial charge in [-0.25, -0.2) is 0 Å². The van der Waals surface area contributed by atoms with Gasteiger partial charge in [0.2, 0.25) is 0 Å².